The maximum atomic E-state index is 13.6. The first kappa shape index (κ1) is 30.5. The van der Waals surface area contributed by atoms with E-state index in [1.807, 2.05) is 0 Å². The average Bonchev–Trinajstić information content (AvgIpc) is 3.13. The van der Waals surface area contributed by atoms with Crippen molar-refractivity contribution in [1.82, 2.24) is 19.8 Å². The Morgan fingerprint density at radius 2 is 2.05 bits per heavy atom. The van der Waals surface area contributed by atoms with Crippen molar-refractivity contribution in [3.8, 4) is 5.75 Å². The second-order valence-electron chi connectivity index (χ2n) is 9.29. The molecule has 0 bridgehead atoms. The standard InChI is InChI=1S/C27H33FN4O7S/c1-5-7-10-15-38-27(35)31(3)21-11-8-9-14-32-24(21)30-22(23(26(32)34)39-40(4,36)37)25(33)29-17-19-12-13-20(28)16-18(19)6-2/h5-6,12-13,16,21H,1-2,7-11,14-15,17H2,3-4H3,(H,29,33). The largest absolute Gasteiger partial charge is 0.449 e. The predicted molar refractivity (Wildman–Crippen MR) is 147 cm³/mol. The number of rotatable bonds is 11. The van der Waals surface area contributed by atoms with Gasteiger partial charge in [-0.1, -0.05) is 24.8 Å². The summed E-state index contributed by atoms with van der Waals surface area (Å²) in [5.41, 5.74) is -0.452. The molecule has 0 aliphatic carbocycles. The molecule has 2 heterocycles. The quantitative estimate of drug-likeness (QED) is 0.244. The number of fused-ring (bicyclic) bond motifs is 1. The molecule has 2 amide bonds. The molecule has 216 valence electrons. The SMILES string of the molecule is C=CCCCOC(=O)N(C)C1CCCCn2c1nc(C(=O)NCc1ccc(F)cc1C=C)c(OS(C)(=O)=O)c2=O. The number of aromatic nitrogens is 2. The summed E-state index contributed by atoms with van der Waals surface area (Å²) in [6.45, 7) is 7.53. The van der Waals surface area contributed by atoms with Crippen molar-refractivity contribution in [3.63, 3.8) is 0 Å². The van der Waals surface area contributed by atoms with Crippen LogP contribution in [0.25, 0.3) is 6.08 Å². The number of hydrogen-bond acceptors (Lipinski definition) is 8. The molecule has 1 aliphatic heterocycles. The number of halogens is 1. The zero-order chi connectivity index (χ0) is 29.4. The van der Waals surface area contributed by atoms with Gasteiger partial charge >= 0.3 is 16.2 Å². The summed E-state index contributed by atoms with van der Waals surface area (Å²) in [6.07, 6.45) is 6.13. The fourth-order valence-electron chi connectivity index (χ4n) is 4.30. The summed E-state index contributed by atoms with van der Waals surface area (Å²) in [5.74, 6) is -2.02. The van der Waals surface area contributed by atoms with E-state index >= 15 is 0 Å². The Labute approximate surface area is 232 Å². The summed E-state index contributed by atoms with van der Waals surface area (Å²) < 4.78 is 49.2. The van der Waals surface area contributed by atoms with Crippen molar-refractivity contribution in [1.29, 1.82) is 0 Å². The first-order chi connectivity index (χ1) is 19.0. The van der Waals surface area contributed by atoms with E-state index in [2.05, 4.69) is 23.5 Å². The van der Waals surface area contributed by atoms with Gasteiger partial charge in [0.15, 0.2) is 5.69 Å². The molecule has 2 aromatic rings. The molecule has 3 rings (SSSR count). The smallest absolute Gasteiger partial charge is 0.410 e. The topological polar surface area (TPSA) is 137 Å². The first-order valence-electron chi connectivity index (χ1n) is 12.7. The molecule has 1 aromatic heterocycles. The molecule has 1 aromatic carbocycles. The van der Waals surface area contributed by atoms with E-state index < -0.39 is 51.0 Å². The summed E-state index contributed by atoms with van der Waals surface area (Å²) in [6, 6.07) is 3.20. The summed E-state index contributed by atoms with van der Waals surface area (Å²) in [5, 5.41) is 2.58. The molecule has 0 fully saturated rings. The molecule has 0 spiro atoms. The van der Waals surface area contributed by atoms with Crippen LogP contribution in [0.15, 0.2) is 42.2 Å². The molecule has 1 N–H and O–H groups in total. The zero-order valence-electron chi connectivity index (χ0n) is 22.5. The van der Waals surface area contributed by atoms with Gasteiger partial charge in [0.05, 0.1) is 18.9 Å². The van der Waals surface area contributed by atoms with Gasteiger partial charge in [0.25, 0.3) is 11.5 Å². The predicted octanol–water partition coefficient (Wildman–Crippen LogP) is 3.55. The molecule has 1 unspecified atom stereocenters. The summed E-state index contributed by atoms with van der Waals surface area (Å²) in [4.78, 5) is 45.3. The van der Waals surface area contributed by atoms with Gasteiger partial charge in [-0.15, -0.1) is 6.58 Å². The lowest BCUT2D eigenvalue weighted by atomic mass is 10.1. The highest BCUT2D eigenvalue weighted by Gasteiger charge is 2.33. The van der Waals surface area contributed by atoms with E-state index in [0.717, 1.165) is 6.26 Å². The number of allylic oxidation sites excluding steroid dienone is 1. The number of hydrogen-bond donors (Lipinski definition) is 1. The molecule has 11 nitrogen and oxygen atoms in total. The average molecular weight is 577 g/mol. The minimum atomic E-state index is -4.21. The van der Waals surface area contributed by atoms with Crippen LogP contribution in [0, 0.1) is 5.82 Å². The van der Waals surface area contributed by atoms with Gasteiger partial charge in [0, 0.05) is 20.1 Å². The van der Waals surface area contributed by atoms with Crippen molar-refractivity contribution in [3.05, 3.63) is 76.2 Å². The Kier molecular flexibility index (Phi) is 10.2. The van der Waals surface area contributed by atoms with Crippen molar-refractivity contribution in [2.45, 2.75) is 51.2 Å². The van der Waals surface area contributed by atoms with Crippen molar-refractivity contribution < 1.29 is 31.3 Å². The highest BCUT2D eigenvalue weighted by molar-refractivity contribution is 7.86. The third kappa shape index (κ3) is 7.56. The Bertz CT molecular complexity index is 1460. The second-order valence-corrected chi connectivity index (χ2v) is 10.9. The molecule has 0 radical (unpaired) electrons. The maximum absolute atomic E-state index is 13.6. The van der Waals surface area contributed by atoms with Crippen LogP contribution >= 0.6 is 0 Å². The van der Waals surface area contributed by atoms with Crippen LogP contribution in [0.1, 0.15) is 65.6 Å². The number of carbonyl (C=O) groups is 2. The lowest BCUT2D eigenvalue weighted by molar-refractivity contribution is 0.0918. The van der Waals surface area contributed by atoms with E-state index in [0.29, 0.717) is 43.2 Å². The number of nitrogens with one attached hydrogen (secondary N) is 1. The third-order valence-electron chi connectivity index (χ3n) is 6.32. The van der Waals surface area contributed by atoms with E-state index in [9.17, 15) is 27.2 Å². The molecular weight excluding hydrogens is 543 g/mol. The molecule has 0 saturated carbocycles. The number of benzene rings is 1. The van der Waals surface area contributed by atoms with E-state index in [1.165, 1.54) is 40.8 Å². The van der Waals surface area contributed by atoms with E-state index in [1.54, 1.807) is 6.08 Å². The van der Waals surface area contributed by atoms with Gasteiger partial charge in [0.2, 0.25) is 5.75 Å². The minimum absolute atomic E-state index is 0.0980. The van der Waals surface area contributed by atoms with E-state index in [-0.39, 0.29) is 25.5 Å². The fraction of sp³-hybridized carbons (Fsp3) is 0.407. The van der Waals surface area contributed by atoms with Crippen molar-refractivity contribution in [2.75, 3.05) is 19.9 Å². The Morgan fingerprint density at radius 3 is 2.73 bits per heavy atom. The highest BCUT2D eigenvalue weighted by Crippen LogP contribution is 2.29. The number of carbonyl (C=O) groups excluding carboxylic acids is 2. The highest BCUT2D eigenvalue weighted by atomic mass is 32.2. The first-order valence-corrected chi connectivity index (χ1v) is 14.5. The molecular formula is C27H33FN4O7S. The summed E-state index contributed by atoms with van der Waals surface area (Å²) in [7, 11) is -2.70. The number of amides is 2. The van der Waals surface area contributed by atoms with Crippen LogP contribution in [0.4, 0.5) is 9.18 Å². The Hall–Kier alpha value is -4.00. The second kappa shape index (κ2) is 13.4. The zero-order valence-corrected chi connectivity index (χ0v) is 23.3. The normalized spacial score (nSPS) is 14.8. The Morgan fingerprint density at radius 1 is 1.30 bits per heavy atom. The van der Waals surface area contributed by atoms with Gasteiger partial charge in [-0.3, -0.25) is 14.2 Å². The van der Waals surface area contributed by atoms with Gasteiger partial charge in [-0.05, 0) is 55.4 Å². The molecule has 13 heteroatoms. The third-order valence-corrected chi connectivity index (χ3v) is 6.78. The van der Waals surface area contributed by atoms with Crippen LogP contribution in [-0.2, 0) is 27.9 Å². The molecule has 1 aliphatic rings. The van der Waals surface area contributed by atoms with Gasteiger partial charge in [-0.2, -0.15) is 8.42 Å². The molecule has 0 saturated heterocycles. The molecule has 40 heavy (non-hydrogen) atoms. The lowest BCUT2D eigenvalue weighted by Gasteiger charge is -2.27. The Balaban J connectivity index is 2.02. The van der Waals surface area contributed by atoms with Crippen LogP contribution in [-0.4, -0.2) is 54.8 Å². The van der Waals surface area contributed by atoms with Gasteiger partial charge in [0.1, 0.15) is 11.6 Å². The maximum Gasteiger partial charge on any atom is 0.410 e. The van der Waals surface area contributed by atoms with Gasteiger partial charge in [-0.25, -0.2) is 14.2 Å². The summed E-state index contributed by atoms with van der Waals surface area (Å²) >= 11 is 0. The number of unbranched alkanes of at least 4 members (excludes halogenated alkanes) is 1. The van der Waals surface area contributed by atoms with Gasteiger partial charge < -0.3 is 19.1 Å². The number of nitrogens with zero attached hydrogens (tertiary/aromatic N) is 3. The number of ether oxygens (including phenoxy) is 1. The minimum Gasteiger partial charge on any atom is -0.449 e. The fourth-order valence-corrected chi connectivity index (χ4v) is 4.75. The van der Waals surface area contributed by atoms with Crippen LogP contribution in [0.3, 0.4) is 0 Å². The van der Waals surface area contributed by atoms with Crippen molar-refractivity contribution >= 4 is 28.2 Å². The van der Waals surface area contributed by atoms with Crippen LogP contribution in [0.5, 0.6) is 5.75 Å². The van der Waals surface area contributed by atoms with Crippen LogP contribution < -0.4 is 15.1 Å². The molecule has 1 atom stereocenters. The monoisotopic (exact) mass is 576 g/mol. The van der Waals surface area contributed by atoms with Crippen molar-refractivity contribution in [2.24, 2.45) is 0 Å². The van der Waals surface area contributed by atoms with Crippen LogP contribution in [0.2, 0.25) is 0 Å². The lowest BCUT2D eigenvalue weighted by Crippen LogP contribution is -2.38. The van der Waals surface area contributed by atoms with E-state index in [4.69, 9.17) is 8.92 Å².